The fraction of sp³-hybridized carbons (Fsp3) is 0.385. The molecule has 0 saturated carbocycles. The molecule has 0 aliphatic carbocycles. The molecule has 1 aromatic carbocycles. The van der Waals surface area contributed by atoms with Gasteiger partial charge in [0.15, 0.2) is 5.58 Å². The Kier molecular flexibility index (Phi) is 4.01. The van der Waals surface area contributed by atoms with Gasteiger partial charge in [-0.2, -0.15) is 0 Å². The minimum absolute atomic E-state index is 0.257. The molecule has 102 valence electrons. The van der Waals surface area contributed by atoms with E-state index < -0.39 is 5.76 Å². The summed E-state index contributed by atoms with van der Waals surface area (Å²) in [6.45, 7) is 2.13. The number of hydrogen-bond acceptors (Lipinski definition) is 5. The quantitative estimate of drug-likeness (QED) is 0.797. The first-order valence-corrected chi connectivity index (χ1v) is 6.14. The number of aromatic nitrogens is 1. The minimum Gasteiger partial charge on any atom is -0.466 e. The first kappa shape index (κ1) is 13.4. The van der Waals surface area contributed by atoms with Crippen molar-refractivity contribution in [2.24, 2.45) is 5.73 Å². The Bertz CT molecular complexity index is 629. The van der Waals surface area contributed by atoms with Crippen LogP contribution in [0.1, 0.15) is 31.4 Å². The Morgan fingerprint density at radius 2 is 2.32 bits per heavy atom. The number of rotatable bonds is 5. The van der Waals surface area contributed by atoms with E-state index in [4.69, 9.17) is 14.9 Å². The van der Waals surface area contributed by atoms with Gasteiger partial charge < -0.3 is 14.9 Å². The summed E-state index contributed by atoms with van der Waals surface area (Å²) in [5.74, 6) is -0.751. The van der Waals surface area contributed by atoms with Gasteiger partial charge in [0, 0.05) is 12.5 Å². The van der Waals surface area contributed by atoms with Gasteiger partial charge in [0.25, 0.3) is 0 Å². The number of nitrogens with two attached hydrogens (primary N) is 1. The Morgan fingerprint density at radius 1 is 1.53 bits per heavy atom. The molecule has 0 spiro atoms. The molecule has 6 nitrogen and oxygen atoms in total. The van der Waals surface area contributed by atoms with E-state index in [1.165, 1.54) is 0 Å². The third-order valence-electron chi connectivity index (χ3n) is 2.84. The van der Waals surface area contributed by atoms with Gasteiger partial charge >= 0.3 is 11.7 Å². The monoisotopic (exact) mass is 264 g/mol. The lowest BCUT2D eigenvalue weighted by Gasteiger charge is -2.11. The zero-order chi connectivity index (χ0) is 13.8. The van der Waals surface area contributed by atoms with E-state index in [2.05, 4.69) is 4.98 Å². The van der Waals surface area contributed by atoms with Gasteiger partial charge in [0.05, 0.1) is 12.1 Å². The largest absolute Gasteiger partial charge is 0.466 e. The van der Waals surface area contributed by atoms with Gasteiger partial charge in [-0.1, -0.05) is 6.07 Å². The summed E-state index contributed by atoms with van der Waals surface area (Å²) in [7, 11) is 0. The first-order chi connectivity index (χ1) is 9.10. The van der Waals surface area contributed by atoms with Crippen molar-refractivity contribution in [1.82, 2.24) is 4.98 Å². The number of H-pyrrole nitrogens is 1. The van der Waals surface area contributed by atoms with Crippen molar-refractivity contribution in [3.05, 3.63) is 34.3 Å². The molecule has 0 aliphatic heterocycles. The van der Waals surface area contributed by atoms with E-state index in [1.807, 2.05) is 6.07 Å². The van der Waals surface area contributed by atoms with Crippen molar-refractivity contribution in [3.8, 4) is 0 Å². The van der Waals surface area contributed by atoms with Crippen molar-refractivity contribution in [1.29, 1.82) is 0 Å². The van der Waals surface area contributed by atoms with Gasteiger partial charge in [-0.25, -0.2) is 4.79 Å². The molecule has 3 N–H and O–H groups in total. The molecule has 1 aromatic heterocycles. The Hall–Kier alpha value is -2.08. The van der Waals surface area contributed by atoms with Crippen LogP contribution in [-0.4, -0.2) is 17.6 Å². The summed E-state index contributed by atoms with van der Waals surface area (Å²) in [5, 5.41) is 0. The van der Waals surface area contributed by atoms with Crippen LogP contribution in [0, 0.1) is 0 Å². The summed E-state index contributed by atoms with van der Waals surface area (Å²) < 4.78 is 9.81. The van der Waals surface area contributed by atoms with Crippen LogP contribution in [0.3, 0.4) is 0 Å². The molecule has 0 aliphatic rings. The van der Waals surface area contributed by atoms with Crippen LogP contribution in [-0.2, 0) is 9.53 Å². The predicted octanol–water partition coefficient (Wildman–Crippen LogP) is 1.46. The number of hydrogen-bond donors (Lipinski definition) is 2. The van der Waals surface area contributed by atoms with E-state index in [-0.39, 0.29) is 18.4 Å². The zero-order valence-electron chi connectivity index (χ0n) is 10.6. The van der Waals surface area contributed by atoms with Crippen LogP contribution >= 0.6 is 0 Å². The van der Waals surface area contributed by atoms with E-state index in [0.717, 1.165) is 5.56 Å². The molecule has 2 aromatic rings. The number of aromatic amines is 1. The number of fused-ring (bicyclic) bond motifs is 1. The maximum absolute atomic E-state index is 11.3. The van der Waals surface area contributed by atoms with Crippen LogP contribution < -0.4 is 11.5 Å². The number of oxazole rings is 1. The highest BCUT2D eigenvalue weighted by atomic mass is 16.5. The molecule has 1 atom stereocenters. The van der Waals surface area contributed by atoms with Gasteiger partial charge in [0.1, 0.15) is 0 Å². The number of nitrogens with one attached hydrogen (secondary N) is 1. The summed E-state index contributed by atoms with van der Waals surface area (Å²) in [4.78, 5) is 24.8. The SMILES string of the molecule is CCOC(=O)CCC(N)c1ccc2[nH]c(=O)oc2c1. The third-order valence-corrected chi connectivity index (χ3v) is 2.84. The van der Waals surface area contributed by atoms with Crippen LogP contribution in [0.15, 0.2) is 27.4 Å². The normalized spacial score (nSPS) is 12.5. The molecule has 1 heterocycles. The fourth-order valence-electron chi connectivity index (χ4n) is 1.87. The zero-order valence-corrected chi connectivity index (χ0v) is 10.6. The second kappa shape index (κ2) is 5.71. The average molecular weight is 264 g/mol. The molecule has 19 heavy (non-hydrogen) atoms. The van der Waals surface area contributed by atoms with Crippen molar-refractivity contribution in [2.75, 3.05) is 6.61 Å². The Labute approximate surface area is 109 Å². The lowest BCUT2D eigenvalue weighted by molar-refractivity contribution is -0.143. The lowest BCUT2D eigenvalue weighted by atomic mass is 10.0. The van der Waals surface area contributed by atoms with Crippen LogP contribution in [0.5, 0.6) is 0 Å². The first-order valence-electron chi connectivity index (χ1n) is 6.14. The minimum atomic E-state index is -0.493. The molecule has 6 heteroatoms. The molecular weight excluding hydrogens is 248 g/mol. The van der Waals surface area contributed by atoms with E-state index in [1.54, 1.807) is 19.1 Å². The van der Waals surface area contributed by atoms with Crippen molar-refractivity contribution >= 4 is 17.1 Å². The number of carbonyl (C=O) groups excluding carboxylic acids is 1. The summed E-state index contributed by atoms with van der Waals surface area (Å²) >= 11 is 0. The molecule has 1 unspecified atom stereocenters. The molecule has 2 rings (SSSR count). The molecule has 0 bridgehead atoms. The number of ether oxygens (including phenoxy) is 1. The van der Waals surface area contributed by atoms with Crippen LogP contribution in [0.4, 0.5) is 0 Å². The Balaban J connectivity index is 2.06. The molecule has 0 saturated heterocycles. The van der Waals surface area contributed by atoms with E-state index >= 15 is 0 Å². The van der Waals surface area contributed by atoms with Gasteiger partial charge in [0.2, 0.25) is 0 Å². The van der Waals surface area contributed by atoms with Crippen molar-refractivity contribution in [3.63, 3.8) is 0 Å². The maximum Gasteiger partial charge on any atom is 0.417 e. The molecule has 0 fully saturated rings. The second-order valence-electron chi connectivity index (χ2n) is 4.22. The molecule has 0 amide bonds. The highest BCUT2D eigenvalue weighted by molar-refractivity contribution is 5.73. The average Bonchev–Trinajstić information content (AvgIpc) is 2.75. The lowest BCUT2D eigenvalue weighted by Crippen LogP contribution is -2.13. The van der Waals surface area contributed by atoms with Crippen LogP contribution in [0.2, 0.25) is 0 Å². The topological polar surface area (TPSA) is 98.3 Å². The molecular formula is C13H16N2O4. The second-order valence-corrected chi connectivity index (χ2v) is 4.22. The maximum atomic E-state index is 11.3. The van der Waals surface area contributed by atoms with Gasteiger partial charge in [-0.15, -0.1) is 0 Å². The van der Waals surface area contributed by atoms with Crippen LogP contribution in [0.25, 0.3) is 11.1 Å². The van der Waals surface area contributed by atoms with Crippen molar-refractivity contribution < 1.29 is 13.9 Å². The highest BCUT2D eigenvalue weighted by Gasteiger charge is 2.11. The third kappa shape index (κ3) is 3.23. The number of esters is 1. The number of carbonyl (C=O) groups is 1. The van der Waals surface area contributed by atoms with E-state index in [0.29, 0.717) is 24.1 Å². The smallest absolute Gasteiger partial charge is 0.417 e. The van der Waals surface area contributed by atoms with Gasteiger partial charge in [-0.05, 0) is 31.0 Å². The molecule has 0 radical (unpaired) electrons. The van der Waals surface area contributed by atoms with Crippen molar-refractivity contribution in [2.45, 2.75) is 25.8 Å². The fourth-order valence-corrected chi connectivity index (χ4v) is 1.87. The summed E-state index contributed by atoms with van der Waals surface area (Å²) in [5.41, 5.74) is 7.92. The Morgan fingerprint density at radius 3 is 3.05 bits per heavy atom. The van der Waals surface area contributed by atoms with Gasteiger partial charge in [-0.3, -0.25) is 9.78 Å². The number of benzene rings is 1. The standard InChI is InChI=1S/C13H16N2O4/c1-2-18-12(16)6-4-9(14)8-3-5-10-11(7-8)19-13(17)15-10/h3,5,7,9H,2,4,6,14H2,1H3,(H,15,17). The summed E-state index contributed by atoms with van der Waals surface area (Å²) in [6, 6.07) is 4.96. The predicted molar refractivity (Wildman–Crippen MR) is 69.6 cm³/mol. The summed E-state index contributed by atoms with van der Waals surface area (Å²) in [6.07, 6.45) is 0.753. The highest BCUT2D eigenvalue weighted by Crippen LogP contribution is 2.20. The van der Waals surface area contributed by atoms with E-state index in [9.17, 15) is 9.59 Å².